The van der Waals surface area contributed by atoms with E-state index in [2.05, 4.69) is 60.9 Å². The minimum atomic E-state index is 0. The van der Waals surface area contributed by atoms with E-state index in [1.165, 1.54) is 27.1 Å². The highest BCUT2D eigenvalue weighted by Crippen LogP contribution is 2.23. The van der Waals surface area contributed by atoms with Gasteiger partial charge < -0.3 is 10.6 Å². The van der Waals surface area contributed by atoms with Crippen LogP contribution in [0.1, 0.15) is 27.8 Å². The van der Waals surface area contributed by atoms with Crippen LogP contribution in [0.15, 0.2) is 41.3 Å². The number of amides is 1. The molecular weight excluding hydrogens is 340 g/mol. The molecule has 1 aliphatic heterocycles. The van der Waals surface area contributed by atoms with E-state index in [1.807, 2.05) is 0 Å². The lowest BCUT2D eigenvalue weighted by Gasteiger charge is -2.09. The van der Waals surface area contributed by atoms with E-state index in [0.29, 0.717) is 12.3 Å². The predicted octanol–water partition coefficient (Wildman–Crippen LogP) is 3.74. The fourth-order valence-electron chi connectivity index (χ4n) is 2.72. The molecule has 0 aliphatic carbocycles. The number of fused-ring (bicyclic) bond motifs is 1. The number of carbonyl (C=O) groups is 1. The first kappa shape index (κ1) is 18.8. The predicted molar refractivity (Wildman–Crippen MR) is 103 cm³/mol. The van der Waals surface area contributed by atoms with Crippen LogP contribution in [-0.2, 0) is 24.4 Å². The molecule has 0 spiro atoms. The second-order valence-corrected chi connectivity index (χ2v) is 7.06. The van der Waals surface area contributed by atoms with Gasteiger partial charge in [0.2, 0.25) is 5.91 Å². The van der Waals surface area contributed by atoms with Gasteiger partial charge in [-0.15, -0.1) is 24.2 Å². The van der Waals surface area contributed by atoms with E-state index in [0.717, 1.165) is 18.7 Å². The molecule has 2 aromatic rings. The van der Waals surface area contributed by atoms with Crippen LogP contribution >= 0.6 is 24.2 Å². The van der Waals surface area contributed by atoms with Gasteiger partial charge in [0.05, 0.1) is 5.75 Å². The molecule has 0 aromatic heterocycles. The molecule has 24 heavy (non-hydrogen) atoms. The highest BCUT2D eigenvalue weighted by atomic mass is 35.5. The first-order chi connectivity index (χ1) is 11.1. The van der Waals surface area contributed by atoms with Crippen molar-refractivity contribution >= 4 is 30.1 Å². The summed E-state index contributed by atoms with van der Waals surface area (Å²) in [6, 6.07) is 12.8. The van der Waals surface area contributed by atoms with E-state index < -0.39 is 0 Å². The van der Waals surface area contributed by atoms with Gasteiger partial charge in [-0.3, -0.25) is 4.79 Å². The monoisotopic (exact) mass is 362 g/mol. The van der Waals surface area contributed by atoms with Crippen molar-refractivity contribution in [2.45, 2.75) is 38.4 Å². The van der Waals surface area contributed by atoms with Gasteiger partial charge >= 0.3 is 0 Å². The largest absolute Gasteiger partial charge is 0.351 e. The molecule has 0 unspecified atom stereocenters. The van der Waals surface area contributed by atoms with E-state index in [4.69, 9.17) is 0 Å². The Morgan fingerprint density at radius 1 is 1.12 bits per heavy atom. The van der Waals surface area contributed by atoms with Crippen LogP contribution in [-0.4, -0.2) is 11.7 Å². The molecule has 1 amide bonds. The summed E-state index contributed by atoms with van der Waals surface area (Å²) in [5.41, 5.74) is 6.33. The van der Waals surface area contributed by atoms with E-state index in [-0.39, 0.29) is 18.3 Å². The lowest BCUT2D eigenvalue weighted by atomic mass is 10.1. The molecule has 0 radical (unpaired) electrons. The van der Waals surface area contributed by atoms with Crippen LogP contribution < -0.4 is 10.6 Å². The molecule has 128 valence electrons. The molecule has 0 saturated heterocycles. The average molecular weight is 363 g/mol. The van der Waals surface area contributed by atoms with Gasteiger partial charge in [-0.25, -0.2) is 0 Å². The van der Waals surface area contributed by atoms with E-state index >= 15 is 0 Å². The van der Waals surface area contributed by atoms with Crippen LogP contribution in [0.3, 0.4) is 0 Å². The van der Waals surface area contributed by atoms with Crippen molar-refractivity contribution in [2.75, 3.05) is 5.75 Å². The SMILES string of the molecule is Cc1ccc(C)c(SCC(=O)NCc2ccc3c(c2)CNC3)c1.Cl. The maximum atomic E-state index is 12.1. The lowest BCUT2D eigenvalue weighted by molar-refractivity contribution is -0.118. The number of hydrogen-bond acceptors (Lipinski definition) is 3. The van der Waals surface area contributed by atoms with Crippen molar-refractivity contribution in [2.24, 2.45) is 0 Å². The highest BCUT2D eigenvalue weighted by Gasteiger charge is 2.10. The Balaban J connectivity index is 0.00000208. The molecular formula is C19H23ClN2OS. The summed E-state index contributed by atoms with van der Waals surface area (Å²) in [6.07, 6.45) is 0. The van der Waals surface area contributed by atoms with E-state index in [9.17, 15) is 4.79 Å². The molecule has 2 aromatic carbocycles. The summed E-state index contributed by atoms with van der Waals surface area (Å²) in [5.74, 6) is 0.533. The van der Waals surface area contributed by atoms with Crippen LogP contribution in [0.25, 0.3) is 0 Å². The molecule has 2 N–H and O–H groups in total. The maximum absolute atomic E-state index is 12.1. The number of thioether (sulfide) groups is 1. The Morgan fingerprint density at radius 2 is 1.92 bits per heavy atom. The van der Waals surface area contributed by atoms with E-state index in [1.54, 1.807) is 11.8 Å². The Morgan fingerprint density at radius 3 is 2.75 bits per heavy atom. The fraction of sp³-hybridized carbons (Fsp3) is 0.316. The summed E-state index contributed by atoms with van der Waals surface area (Å²) >= 11 is 1.60. The number of aryl methyl sites for hydroxylation is 2. The normalized spacial score (nSPS) is 12.4. The standard InChI is InChI=1S/C19H22N2OS.ClH/c1-13-3-4-14(2)18(7-13)23-12-19(22)21-9-15-5-6-16-10-20-11-17(16)8-15;/h3-8,20H,9-12H2,1-2H3,(H,21,22);1H. The smallest absolute Gasteiger partial charge is 0.230 e. The Kier molecular flexibility index (Phi) is 6.72. The third kappa shape index (κ3) is 4.76. The molecule has 1 aliphatic rings. The lowest BCUT2D eigenvalue weighted by Crippen LogP contribution is -2.24. The first-order valence-corrected chi connectivity index (χ1v) is 8.88. The summed E-state index contributed by atoms with van der Waals surface area (Å²) < 4.78 is 0. The van der Waals surface area contributed by atoms with Crippen molar-refractivity contribution in [3.63, 3.8) is 0 Å². The number of carbonyl (C=O) groups excluding carboxylic acids is 1. The van der Waals surface area contributed by atoms with Crippen molar-refractivity contribution in [3.8, 4) is 0 Å². The zero-order chi connectivity index (χ0) is 16.2. The molecule has 1 heterocycles. The third-order valence-corrected chi connectivity index (χ3v) is 5.25. The maximum Gasteiger partial charge on any atom is 0.230 e. The minimum Gasteiger partial charge on any atom is -0.351 e. The van der Waals surface area contributed by atoms with Gasteiger partial charge in [-0.2, -0.15) is 0 Å². The van der Waals surface area contributed by atoms with Gasteiger partial charge in [0, 0.05) is 24.5 Å². The zero-order valence-electron chi connectivity index (χ0n) is 14.0. The second kappa shape index (κ2) is 8.56. The van der Waals surface area contributed by atoms with Gasteiger partial charge in [-0.1, -0.05) is 35.9 Å². The van der Waals surface area contributed by atoms with Crippen molar-refractivity contribution in [3.05, 3.63) is 64.2 Å². The van der Waals surface area contributed by atoms with Crippen molar-refractivity contribution in [1.29, 1.82) is 0 Å². The number of rotatable bonds is 5. The van der Waals surface area contributed by atoms with Gasteiger partial charge in [0.25, 0.3) is 0 Å². The second-order valence-electron chi connectivity index (χ2n) is 6.04. The summed E-state index contributed by atoms with van der Waals surface area (Å²) in [4.78, 5) is 13.3. The minimum absolute atomic E-state index is 0. The third-order valence-electron chi connectivity index (χ3n) is 4.09. The summed E-state index contributed by atoms with van der Waals surface area (Å²) in [6.45, 7) is 6.64. The molecule has 3 rings (SSSR count). The molecule has 0 fully saturated rings. The fourth-order valence-corrected chi connectivity index (χ4v) is 3.67. The quantitative estimate of drug-likeness (QED) is 0.796. The van der Waals surface area contributed by atoms with Crippen molar-refractivity contribution < 1.29 is 4.79 Å². The van der Waals surface area contributed by atoms with Crippen LogP contribution in [0, 0.1) is 13.8 Å². The molecule has 0 atom stereocenters. The first-order valence-electron chi connectivity index (χ1n) is 7.90. The zero-order valence-corrected chi connectivity index (χ0v) is 15.7. The highest BCUT2D eigenvalue weighted by molar-refractivity contribution is 8.00. The summed E-state index contributed by atoms with van der Waals surface area (Å²) in [5, 5.41) is 6.35. The Bertz CT molecular complexity index is 733. The van der Waals surface area contributed by atoms with Crippen LogP contribution in [0.5, 0.6) is 0 Å². The number of nitrogens with one attached hydrogen (secondary N) is 2. The van der Waals surface area contributed by atoms with Gasteiger partial charge in [-0.05, 0) is 42.2 Å². The number of benzene rings is 2. The van der Waals surface area contributed by atoms with Gasteiger partial charge in [0.15, 0.2) is 0 Å². The molecule has 0 saturated carbocycles. The average Bonchev–Trinajstić information content (AvgIpc) is 3.01. The molecule has 5 heteroatoms. The number of halogens is 1. The Hall–Kier alpha value is -1.49. The molecule has 0 bridgehead atoms. The Labute approximate surface area is 154 Å². The summed E-state index contributed by atoms with van der Waals surface area (Å²) in [7, 11) is 0. The molecule has 3 nitrogen and oxygen atoms in total. The number of hydrogen-bond donors (Lipinski definition) is 2. The topological polar surface area (TPSA) is 41.1 Å². The van der Waals surface area contributed by atoms with Crippen molar-refractivity contribution in [1.82, 2.24) is 10.6 Å². The van der Waals surface area contributed by atoms with Crippen LogP contribution in [0.2, 0.25) is 0 Å². The van der Waals surface area contributed by atoms with Gasteiger partial charge in [0.1, 0.15) is 0 Å². The van der Waals surface area contributed by atoms with Crippen LogP contribution in [0.4, 0.5) is 0 Å².